The van der Waals surface area contributed by atoms with E-state index in [1.165, 1.54) is 12.1 Å². The van der Waals surface area contributed by atoms with Gasteiger partial charge in [0.1, 0.15) is 0 Å². The maximum absolute atomic E-state index is 12.6. The zero-order chi connectivity index (χ0) is 14.8. The third-order valence-electron chi connectivity index (χ3n) is 3.00. The Hall–Kier alpha value is -2.17. The van der Waals surface area contributed by atoms with Crippen LogP contribution in [0, 0.1) is 0 Å². The summed E-state index contributed by atoms with van der Waals surface area (Å²) >= 11 is 0. The number of pyridine rings is 1. The average molecular weight is 279 g/mol. The van der Waals surface area contributed by atoms with Gasteiger partial charge in [0.05, 0.1) is 17.2 Å². The van der Waals surface area contributed by atoms with Gasteiger partial charge in [-0.2, -0.15) is 13.2 Å². The number of carbonyl (C=O) groups is 1. The Kier molecular flexibility index (Phi) is 3.88. The highest BCUT2D eigenvalue weighted by molar-refractivity contribution is 6.00. The highest BCUT2D eigenvalue weighted by atomic mass is 19.4. The highest BCUT2D eigenvalue weighted by Gasteiger charge is 2.31. The number of nitrogens with zero attached hydrogens (tertiary/aromatic N) is 1. The molecule has 104 valence electrons. The largest absolute Gasteiger partial charge is 0.416 e. The molecule has 20 heavy (non-hydrogen) atoms. The fourth-order valence-corrected chi connectivity index (χ4v) is 1.87. The topological polar surface area (TPSA) is 30.0 Å². The van der Waals surface area contributed by atoms with Crippen molar-refractivity contribution in [2.24, 2.45) is 0 Å². The first kappa shape index (κ1) is 14.2. The molecule has 2 nitrogen and oxygen atoms in total. The van der Waals surface area contributed by atoms with E-state index in [4.69, 9.17) is 0 Å². The maximum Gasteiger partial charge on any atom is 0.416 e. The van der Waals surface area contributed by atoms with Crippen LogP contribution >= 0.6 is 0 Å². The molecule has 5 heteroatoms. The van der Waals surface area contributed by atoms with Crippen LogP contribution in [-0.2, 0) is 6.18 Å². The molecule has 2 aromatic rings. The molecule has 0 aliphatic carbocycles. The number of halogens is 3. The summed E-state index contributed by atoms with van der Waals surface area (Å²) in [6.45, 7) is 1.63. The number of benzene rings is 1. The van der Waals surface area contributed by atoms with E-state index in [2.05, 4.69) is 4.98 Å². The number of hydrogen-bond donors (Lipinski definition) is 0. The molecule has 2 rings (SSSR count). The molecule has 0 bridgehead atoms. The van der Waals surface area contributed by atoms with E-state index >= 15 is 0 Å². The van der Waals surface area contributed by atoms with Crippen LogP contribution in [-0.4, -0.2) is 10.8 Å². The van der Waals surface area contributed by atoms with Crippen molar-refractivity contribution in [2.75, 3.05) is 0 Å². The van der Waals surface area contributed by atoms with Crippen molar-refractivity contribution in [1.82, 2.24) is 4.98 Å². The minimum atomic E-state index is -4.45. The van der Waals surface area contributed by atoms with E-state index < -0.39 is 17.7 Å². The summed E-state index contributed by atoms with van der Waals surface area (Å²) in [6, 6.07) is 9.57. The third-order valence-corrected chi connectivity index (χ3v) is 3.00. The minimum absolute atomic E-state index is 0.0398. The fourth-order valence-electron chi connectivity index (χ4n) is 1.87. The number of alkyl halides is 3. The Labute approximate surface area is 114 Å². The predicted octanol–water partition coefficient (Wildman–Crippen LogP) is 4.09. The molecule has 0 fully saturated rings. The average Bonchev–Trinajstić information content (AvgIpc) is 2.46. The van der Waals surface area contributed by atoms with E-state index in [0.29, 0.717) is 5.69 Å². The van der Waals surface area contributed by atoms with E-state index in [1.807, 2.05) is 0 Å². The Morgan fingerprint density at radius 1 is 1.15 bits per heavy atom. The first-order chi connectivity index (χ1) is 9.39. The van der Waals surface area contributed by atoms with Gasteiger partial charge in [-0.1, -0.05) is 18.2 Å². The smallest absolute Gasteiger partial charge is 0.293 e. The van der Waals surface area contributed by atoms with Gasteiger partial charge in [0.2, 0.25) is 0 Å². The number of ketones is 1. The van der Waals surface area contributed by atoms with Crippen LogP contribution in [0.2, 0.25) is 0 Å². The first-order valence-corrected chi connectivity index (χ1v) is 6.02. The molecular weight excluding hydrogens is 267 g/mol. The molecule has 0 N–H and O–H groups in total. The van der Waals surface area contributed by atoms with Crippen LogP contribution in [0.1, 0.15) is 34.5 Å². The first-order valence-electron chi connectivity index (χ1n) is 6.02. The molecule has 1 atom stereocenters. The third kappa shape index (κ3) is 3.04. The normalized spacial score (nSPS) is 13.0. The van der Waals surface area contributed by atoms with Gasteiger partial charge in [0.15, 0.2) is 5.78 Å². The molecule has 0 saturated carbocycles. The molecular formula is C15H12F3NO. The van der Waals surface area contributed by atoms with Crippen molar-refractivity contribution in [3.8, 4) is 0 Å². The minimum Gasteiger partial charge on any atom is -0.293 e. The Balaban J connectivity index is 2.30. The Morgan fingerprint density at radius 3 is 2.50 bits per heavy atom. The summed E-state index contributed by atoms with van der Waals surface area (Å²) in [4.78, 5) is 16.3. The second-order valence-electron chi connectivity index (χ2n) is 4.42. The molecule has 1 unspecified atom stereocenters. The molecule has 1 aromatic carbocycles. The maximum atomic E-state index is 12.6. The van der Waals surface area contributed by atoms with Crippen LogP contribution in [0.5, 0.6) is 0 Å². The van der Waals surface area contributed by atoms with Crippen LogP contribution in [0.4, 0.5) is 13.2 Å². The van der Waals surface area contributed by atoms with Crippen molar-refractivity contribution in [1.29, 1.82) is 0 Å². The van der Waals surface area contributed by atoms with Gasteiger partial charge >= 0.3 is 6.18 Å². The van der Waals surface area contributed by atoms with E-state index in [1.54, 1.807) is 31.3 Å². The SMILES string of the molecule is CC(C(=O)c1cccc(C(F)(F)F)c1)c1ccccn1. The van der Waals surface area contributed by atoms with E-state index in [0.717, 1.165) is 12.1 Å². The summed E-state index contributed by atoms with van der Waals surface area (Å²) in [5, 5.41) is 0. The zero-order valence-corrected chi connectivity index (χ0v) is 10.7. The van der Waals surface area contributed by atoms with Crippen molar-refractivity contribution in [3.63, 3.8) is 0 Å². The van der Waals surface area contributed by atoms with Gasteiger partial charge < -0.3 is 0 Å². The van der Waals surface area contributed by atoms with Gasteiger partial charge in [0, 0.05) is 11.8 Å². The predicted molar refractivity (Wildman–Crippen MR) is 68.4 cm³/mol. The molecule has 1 aromatic heterocycles. The molecule has 0 amide bonds. The van der Waals surface area contributed by atoms with Crippen molar-refractivity contribution in [3.05, 3.63) is 65.5 Å². The van der Waals surface area contributed by atoms with Gasteiger partial charge in [-0.3, -0.25) is 9.78 Å². The number of rotatable bonds is 3. The van der Waals surface area contributed by atoms with E-state index in [9.17, 15) is 18.0 Å². The lowest BCUT2D eigenvalue weighted by molar-refractivity contribution is -0.137. The summed E-state index contributed by atoms with van der Waals surface area (Å²) < 4.78 is 37.9. The Bertz CT molecular complexity index is 608. The van der Waals surface area contributed by atoms with Gasteiger partial charge in [0.25, 0.3) is 0 Å². The Morgan fingerprint density at radius 2 is 1.90 bits per heavy atom. The highest BCUT2D eigenvalue weighted by Crippen LogP contribution is 2.30. The summed E-state index contributed by atoms with van der Waals surface area (Å²) in [7, 11) is 0. The second kappa shape index (κ2) is 5.45. The summed E-state index contributed by atoms with van der Waals surface area (Å²) in [6.07, 6.45) is -2.91. The monoisotopic (exact) mass is 279 g/mol. The quantitative estimate of drug-likeness (QED) is 0.792. The lowest BCUT2D eigenvalue weighted by Crippen LogP contribution is -2.13. The lowest BCUT2D eigenvalue weighted by atomic mass is 9.95. The van der Waals surface area contributed by atoms with Crippen LogP contribution in [0.15, 0.2) is 48.7 Å². The number of carbonyl (C=O) groups excluding carboxylic acids is 1. The summed E-state index contributed by atoms with van der Waals surface area (Å²) in [5.41, 5.74) is -0.246. The number of hydrogen-bond acceptors (Lipinski definition) is 2. The van der Waals surface area contributed by atoms with Crippen molar-refractivity contribution >= 4 is 5.78 Å². The van der Waals surface area contributed by atoms with Gasteiger partial charge in [-0.05, 0) is 31.2 Å². The zero-order valence-electron chi connectivity index (χ0n) is 10.7. The molecule has 0 aliphatic rings. The molecule has 0 spiro atoms. The number of Topliss-reactive ketones (excluding diaryl/α,β-unsaturated/α-hetero) is 1. The lowest BCUT2D eigenvalue weighted by Gasteiger charge is -2.12. The number of aromatic nitrogens is 1. The van der Waals surface area contributed by atoms with Crippen molar-refractivity contribution < 1.29 is 18.0 Å². The summed E-state index contributed by atoms with van der Waals surface area (Å²) in [5.74, 6) is -0.963. The van der Waals surface area contributed by atoms with Crippen LogP contribution in [0.25, 0.3) is 0 Å². The standard InChI is InChI=1S/C15H12F3NO/c1-10(13-7-2-3-8-19-13)14(20)11-5-4-6-12(9-11)15(16,17)18/h2-10H,1H3. The van der Waals surface area contributed by atoms with Crippen molar-refractivity contribution in [2.45, 2.75) is 19.0 Å². The fraction of sp³-hybridized carbons (Fsp3) is 0.200. The van der Waals surface area contributed by atoms with Crippen LogP contribution < -0.4 is 0 Å². The second-order valence-corrected chi connectivity index (χ2v) is 4.42. The molecule has 0 radical (unpaired) electrons. The van der Waals surface area contributed by atoms with Crippen LogP contribution in [0.3, 0.4) is 0 Å². The molecule has 1 heterocycles. The van der Waals surface area contributed by atoms with Gasteiger partial charge in [-0.15, -0.1) is 0 Å². The van der Waals surface area contributed by atoms with Gasteiger partial charge in [-0.25, -0.2) is 0 Å². The molecule has 0 aliphatic heterocycles. The molecule has 0 saturated heterocycles. The van der Waals surface area contributed by atoms with E-state index in [-0.39, 0.29) is 11.3 Å².